The molecule has 0 saturated carbocycles. The van der Waals surface area contributed by atoms with Gasteiger partial charge in [0.05, 0.1) is 12.6 Å². The summed E-state index contributed by atoms with van der Waals surface area (Å²) in [4.78, 5) is 29.7. The van der Waals surface area contributed by atoms with Gasteiger partial charge in [0.15, 0.2) is 0 Å². The third-order valence-corrected chi connectivity index (χ3v) is 3.59. The normalized spacial score (nSPS) is 18.4. The molecule has 0 aliphatic carbocycles. The molecule has 0 aromatic rings. The zero-order chi connectivity index (χ0) is 15.5. The molecule has 6 nitrogen and oxygen atoms in total. The minimum absolute atomic E-state index is 0.0165. The van der Waals surface area contributed by atoms with Gasteiger partial charge in [0.1, 0.15) is 0 Å². The van der Waals surface area contributed by atoms with Crippen LogP contribution in [0, 0.1) is 5.41 Å². The third-order valence-electron chi connectivity index (χ3n) is 3.59. The van der Waals surface area contributed by atoms with Crippen LogP contribution in [0.3, 0.4) is 0 Å². The molecule has 0 bridgehead atoms. The summed E-state index contributed by atoms with van der Waals surface area (Å²) in [7, 11) is 3.75. The highest BCUT2D eigenvalue weighted by atomic mass is 16.2. The largest absolute Gasteiger partial charge is 0.338 e. The molecule has 0 aromatic carbocycles. The van der Waals surface area contributed by atoms with Gasteiger partial charge >= 0.3 is 0 Å². The second-order valence-corrected chi connectivity index (χ2v) is 6.79. The first-order chi connectivity index (χ1) is 9.12. The average molecular weight is 284 g/mol. The first-order valence-corrected chi connectivity index (χ1v) is 7.10. The van der Waals surface area contributed by atoms with E-state index in [1.807, 2.05) is 44.7 Å². The molecule has 2 N–H and O–H groups in total. The molecule has 0 spiro atoms. The molecule has 20 heavy (non-hydrogen) atoms. The van der Waals surface area contributed by atoms with Crippen LogP contribution in [0.2, 0.25) is 0 Å². The molecule has 1 rings (SSSR count). The summed E-state index contributed by atoms with van der Waals surface area (Å²) in [5, 5.41) is 0. The van der Waals surface area contributed by atoms with E-state index in [0.29, 0.717) is 32.7 Å². The SMILES string of the molecule is CN(C)CC(=O)N1CCN(C(=O)C(N)C(C)(C)C)CC1. The van der Waals surface area contributed by atoms with E-state index in [9.17, 15) is 9.59 Å². The minimum Gasteiger partial charge on any atom is -0.338 e. The molecule has 1 fully saturated rings. The maximum absolute atomic E-state index is 12.3. The quantitative estimate of drug-likeness (QED) is 0.765. The van der Waals surface area contributed by atoms with E-state index >= 15 is 0 Å². The van der Waals surface area contributed by atoms with E-state index in [-0.39, 0.29) is 17.2 Å². The Morgan fingerprint density at radius 3 is 1.95 bits per heavy atom. The highest BCUT2D eigenvalue weighted by Gasteiger charge is 2.33. The molecule has 0 aromatic heterocycles. The van der Waals surface area contributed by atoms with E-state index < -0.39 is 6.04 Å². The van der Waals surface area contributed by atoms with Crippen molar-refractivity contribution in [2.45, 2.75) is 26.8 Å². The summed E-state index contributed by atoms with van der Waals surface area (Å²) in [5.74, 6) is 0.0967. The third kappa shape index (κ3) is 4.45. The summed E-state index contributed by atoms with van der Waals surface area (Å²) in [6, 6.07) is -0.494. The van der Waals surface area contributed by atoms with Gasteiger partial charge in [0.2, 0.25) is 11.8 Å². The second kappa shape index (κ2) is 6.54. The Hall–Kier alpha value is -1.14. The Morgan fingerprint density at radius 2 is 1.55 bits per heavy atom. The van der Waals surface area contributed by atoms with Gasteiger partial charge in [-0.05, 0) is 19.5 Å². The average Bonchev–Trinajstić information content (AvgIpc) is 2.35. The van der Waals surface area contributed by atoms with Crippen LogP contribution in [0.4, 0.5) is 0 Å². The summed E-state index contributed by atoms with van der Waals surface area (Å²) in [5.41, 5.74) is 5.77. The van der Waals surface area contributed by atoms with Gasteiger partial charge in [-0.1, -0.05) is 20.8 Å². The number of amides is 2. The number of rotatable bonds is 3. The lowest BCUT2D eigenvalue weighted by atomic mass is 9.86. The van der Waals surface area contributed by atoms with Crippen LogP contribution < -0.4 is 5.73 Å². The van der Waals surface area contributed by atoms with Crippen molar-refractivity contribution in [3.8, 4) is 0 Å². The monoisotopic (exact) mass is 284 g/mol. The molecule has 1 aliphatic rings. The Kier molecular flexibility index (Phi) is 5.53. The van der Waals surface area contributed by atoms with Crippen LogP contribution in [0.5, 0.6) is 0 Å². The molecule has 0 radical (unpaired) electrons. The van der Waals surface area contributed by atoms with E-state index in [2.05, 4.69) is 0 Å². The second-order valence-electron chi connectivity index (χ2n) is 6.79. The number of likely N-dealkylation sites (N-methyl/N-ethyl adjacent to an activating group) is 1. The van der Waals surface area contributed by atoms with Crippen molar-refractivity contribution in [3.05, 3.63) is 0 Å². The van der Waals surface area contributed by atoms with Gasteiger partial charge in [-0.15, -0.1) is 0 Å². The Morgan fingerprint density at radius 1 is 1.10 bits per heavy atom. The van der Waals surface area contributed by atoms with Crippen molar-refractivity contribution in [2.24, 2.45) is 11.1 Å². The molecule has 1 atom stereocenters. The number of nitrogens with zero attached hydrogens (tertiary/aromatic N) is 3. The van der Waals surface area contributed by atoms with Crippen molar-refractivity contribution in [1.82, 2.24) is 14.7 Å². The van der Waals surface area contributed by atoms with Gasteiger partial charge in [0.25, 0.3) is 0 Å². The van der Waals surface area contributed by atoms with E-state index in [0.717, 1.165) is 0 Å². The summed E-state index contributed by atoms with van der Waals surface area (Å²) < 4.78 is 0. The van der Waals surface area contributed by atoms with E-state index in [1.165, 1.54) is 0 Å². The van der Waals surface area contributed by atoms with Crippen LogP contribution in [-0.2, 0) is 9.59 Å². The fourth-order valence-corrected chi connectivity index (χ4v) is 2.11. The number of hydrogen-bond donors (Lipinski definition) is 1. The topological polar surface area (TPSA) is 69.9 Å². The summed E-state index contributed by atoms with van der Waals surface area (Å²) in [6.45, 7) is 8.63. The standard InChI is InChI=1S/C14H28N4O2/c1-14(2,3)12(15)13(20)18-8-6-17(7-9-18)11(19)10-16(4)5/h12H,6-10,15H2,1-5H3. The van der Waals surface area contributed by atoms with Crippen LogP contribution >= 0.6 is 0 Å². The maximum Gasteiger partial charge on any atom is 0.240 e. The lowest BCUT2D eigenvalue weighted by molar-refractivity contribution is -0.142. The van der Waals surface area contributed by atoms with Crippen molar-refractivity contribution in [1.29, 1.82) is 0 Å². The minimum atomic E-state index is -0.494. The fourth-order valence-electron chi connectivity index (χ4n) is 2.11. The Labute approximate surface area is 121 Å². The lowest BCUT2D eigenvalue weighted by Crippen LogP contribution is -2.57. The number of nitrogens with two attached hydrogens (primary N) is 1. The maximum atomic E-state index is 12.3. The number of carbonyl (C=O) groups excluding carboxylic acids is 2. The predicted octanol–water partition coefficient (Wildman–Crippen LogP) is -0.408. The molecular weight excluding hydrogens is 256 g/mol. The van der Waals surface area contributed by atoms with Gasteiger partial charge < -0.3 is 20.4 Å². The highest BCUT2D eigenvalue weighted by Crippen LogP contribution is 2.19. The van der Waals surface area contributed by atoms with Crippen molar-refractivity contribution < 1.29 is 9.59 Å². The van der Waals surface area contributed by atoms with E-state index in [4.69, 9.17) is 5.73 Å². The number of carbonyl (C=O) groups is 2. The molecule has 2 amide bonds. The van der Waals surface area contributed by atoms with Gasteiger partial charge in [-0.2, -0.15) is 0 Å². The van der Waals surface area contributed by atoms with Gasteiger partial charge in [-0.25, -0.2) is 0 Å². The number of hydrogen-bond acceptors (Lipinski definition) is 4. The number of piperazine rings is 1. The molecular formula is C14H28N4O2. The van der Waals surface area contributed by atoms with Crippen LogP contribution in [0.15, 0.2) is 0 Å². The van der Waals surface area contributed by atoms with Gasteiger partial charge in [-0.3, -0.25) is 9.59 Å². The zero-order valence-corrected chi connectivity index (χ0v) is 13.3. The Bertz CT molecular complexity index is 355. The van der Waals surface area contributed by atoms with Crippen LogP contribution in [0.25, 0.3) is 0 Å². The van der Waals surface area contributed by atoms with Crippen LogP contribution in [0.1, 0.15) is 20.8 Å². The lowest BCUT2D eigenvalue weighted by Gasteiger charge is -2.38. The zero-order valence-electron chi connectivity index (χ0n) is 13.3. The summed E-state index contributed by atoms with van der Waals surface area (Å²) in [6.07, 6.45) is 0. The van der Waals surface area contributed by atoms with Crippen molar-refractivity contribution >= 4 is 11.8 Å². The van der Waals surface area contributed by atoms with Crippen molar-refractivity contribution in [2.75, 3.05) is 46.8 Å². The fraction of sp³-hybridized carbons (Fsp3) is 0.857. The molecule has 1 unspecified atom stereocenters. The van der Waals surface area contributed by atoms with Gasteiger partial charge in [0, 0.05) is 26.2 Å². The summed E-state index contributed by atoms with van der Waals surface area (Å²) >= 11 is 0. The predicted molar refractivity (Wildman–Crippen MR) is 79.1 cm³/mol. The molecule has 6 heteroatoms. The first kappa shape index (κ1) is 16.9. The Balaban J connectivity index is 2.50. The first-order valence-electron chi connectivity index (χ1n) is 7.10. The molecule has 1 aliphatic heterocycles. The molecule has 116 valence electrons. The highest BCUT2D eigenvalue weighted by molar-refractivity contribution is 5.83. The molecule has 1 heterocycles. The molecule has 1 saturated heterocycles. The van der Waals surface area contributed by atoms with E-state index in [1.54, 1.807) is 4.90 Å². The van der Waals surface area contributed by atoms with Crippen LogP contribution in [-0.4, -0.2) is 79.4 Å². The van der Waals surface area contributed by atoms with Crippen molar-refractivity contribution in [3.63, 3.8) is 0 Å². The smallest absolute Gasteiger partial charge is 0.240 e.